The second kappa shape index (κ2) is 7.70. The fraction of sp³-hybridized carbons (Fsp3) is 0.263. The molecule has 0 spiro atoms. The number of carbonyl (C=O) groups excluding carboxylic acids is 1. The molecule has 0 aliphatic heterocycles. The van der Waals surface area contributed by atoms with E-state index in [1.807, 2.05) is 25.1 Å². The molecule has 2 aromatic carbocycles. The zero-order valence-corrected chi connectivity index (χ0v) is 15.9. The molecule has 1 heterocycles. The van der Waals surface area contributed by atoms with Gasteiger partial charge in [0, 0.05) is 5.56 Å². The molecule has 0 radical (unpaired) electrons. The molecule has 7 heteroatoms. The van der Waals surface area contributed by atoms with Crippen LogP contribution in [-0.4, -0.2) is 42.8 Å². The fourth-order valence-corrected chi connectivity index (χ4v) is 3.41. The molecule has 3 aromatic rings. The van der Waals surface area contributed by atoms with Crippen LogP contribution in [0.3, 0.4) is 0 Å². The Bertz CT molecular complexity index is 927. The number of hydrogen-bond donors (Lipinski definition) is 1. The van der Waals surface area contributed by atoms with Gasteiger partial charge in [-0.3, -0.25) is 4.79 Å². The summed E-state index contributed by atoms with van der Waals surface area (Å²) in [6.45, 7) is 2.03. The number of nitrogens with one attached hydrogen (secondary N) is 1. The summed E-state index contributed by atoms with van der Waals surface area (Å²) < 4.78 is 15.9. The third kappa shape index (κ3) is 3.62. The van der Waals surface area contributed by atoms with E-state index in [4.69, 9.17) is 14.2 Å². The quantitative estimate of drug-likeness (QED) is 0.501. The smallest absolute Gasteiger partial charge is 0.203 e. The number of Topliss-reactive ketones (excluding diaryl/α,β-unsaturated/α-hetero) is 1. The Morgan fingerprint density at radius 2 is 1.77 bits per heavy atom. The molecule has 6 nitrogen and oxygen atoms in total. The number of hydrogen-bond acceptors (Lipinski definition) is 6. The average Bonchev–Trinajstić information content (AvgIpc) is 3.06. The van der Waals surface area contributed by atoms with Gasteiger partial charge in [-0.25, -0.2) is 4.98 Å². The Morgan fingerprint density at radius 1 is 1.08 bits per heavy atom. The highest BCUT2D eigenvalue weighted by Crippen LogP contribution is 2.38. The van der Waals surface area contributed by atoms with Crippen molar-refractivity contribution in [2.75, 3.05) is 27.1 Å². The van der Waals surface area contributed by atoms with Gasteiger partial charge in [-0.05, 0) is 36.8 Å². The summed E-state index contributed by atoms with van der Waals surface area (Å²) in [5.74, 6) is 1.58. The largest absolute Gasteiger partial charge is 0.493 e. The van der Waals surface area contributed by atoms with E-state index >= 15 is 0 Å². The number of fused-ring (bicyclic) bond motifs is 1. The standard InChI is InChI=1S/C19H20N2O4S/c1-11-5-6-13-14(7-11)21-19(20-13)26-10-15(22)12-8-16(23-2)18(25-4)17(9-12)24-3/h5-9H,10H2,1-4H3,(H,20,21). The molecule has 0 unspecified atom stereocenters. The van der Waals surface area contributed by atoms with E-state index in [0.29, 0.717) is 28.0 Å². The molecular weight excluding hydrogens is 352 g/mol. The summed E-state index contributed by atoms with van der Waals surface area (Å²) in [6, 6.07) is 9.33. The Morgan fingerprint density at radius 3 is 2.38 bits per heavy atom. The van der Waals surface area contributed by atoms with Crippen molar-refractivity contribution in [3.63, 3.8) is 0 Å². The molecule has 26 heavy (non-hydrogen) atoms. The summed E-state index contributed by atoms with van der Waals surface area (Å²) >= 11 is 1.36. The molecule has 1 aromatic heterocycles. The maximum absolute atomic E-state index is 12.6. The van der Waals surface area contributed by atoms with Crippen molar-refractivity contribution >= 4 is 28.6 Å². The third-order valence-corrected chi connectivity index (χ3v) is 4.82. The van der Waals surface area contributed by atoms with E-state index in [-0.39, 0.29) is 11.5 Å². The number of imidazole rings is 1. The van der Waals surface area contributed by atoms with E-state index < -0.39 is 0 Å². The number of aromatic amines is 1. The van der Waals surface area contributed by atoms with Crippen LogP contribution in [0.25, 0.3) is 11.0 Å². The number of H-pyrrole nitrogens is 1. The van der Waals surface area contributed by atoms with Gasteiger partial charge in [0.15, 0.2) is 22.4 Å². The van der Waals surface area contributed by atoms with Gasteiger partial charge in [0.2, 0.25) is 5.75 Å². The summed E-state index contributed by atoms with van der Waals surface area (Å²) in [7, 11) is 4.58. The number of ether oxygens (including phenoxy) is 3. The molecule has 3 rings (SSSR count). The Kier molecular flexibility index (Phi) is 5.37. The Labute approximate surface area is 155 Å². The maximum Gasteiger partial charge on any atom is 0.203 e. The van der Waals surface area contributed by atoms with Crippen molar-refractivity contribution in [3.8, 4) is 17.2 Å². The first-order valence-electron chi connectivity index (χ1n) is 7.98. The Balaban J connectivity index is 1.78. The van der Waals surface area contributed by atoms with Crippen LogP contribution < -0.4 is 14.2 Å². The van der Waals surface area contributed by atoms with Gasteiger partial charge < -0.3 is 19.2 Å². The van der Waals surface area contributed by atoms with Gasteiger partial charge in [0.25, 0.3) is 0 Å². The normalized spacial score (nSPS) is 10.8. The lowest BCUT2D eigenvalue weighted by molar-refractivity contribution is 0.102. The highest BCUT2D eigenvalue weighted by atomic mass is 32.2. The second-order valence-corrected chi connectivity index (χ2v) is 6.65. The number of thioether (sulfide) groups is 1. The van der Waals surface area contributed by atoms with Crippen LogP contribution in [0.4, 0.5) is 0 Å². The highest BCUT2D eigenvalue weighted by molar-refractivity contribution is 7.99. The van der Waals surface area contributed by atoms with Crippen LogP contribution in [0.1, 0.15) is 15.9 Å². The van der Waals surface area contributed by atoms with Crippen LogP contribution in [0.15, 0.2) is 35.5 Å². The first-order chi connectivity index (χ1) is 12.5. The molecule has 0 saturated carbocycles. The number of rotatable bonds is 7. The topological polar surface area (TPSA) is 73.4 Å². The van der Waals surface area contributed by atoms with Gasteiger partial charge >= 0.3 is 0 Å². The monoisotopic (exact) mass is 372 g/mol. The van der Waals surface area contributed by atoms with E-state index in [9.17, 15) is 4.79 Å². The molecule has 0 bridgehead atoms. The van der Waals surface area contributed by atoms with Crippen molar-refractivity contribution in [1.29, 1.82) is 0 Å². The van der Waals surface area contributed by atoms with Gasteiger partial charge in [-0.2, -0.15) is 0 Å². The van der Waals surface area contributed by atoms with Crippen LogP contribution in [-0.2, 0) is 0 Å². The summed E-state index contributed by atoms with van der Waals surface area (Å²) in [4.78, 5) is 20.3. The zero-order valence-electron chi connectivity index (χ0n) is 15.1. The fourth-order valence-electron chi connectivity index (χ4n) is 2.63. The molecular formula is C19H20N2O4S. The zero-order chi connectivity index (χ0) is 18.7. The lowest BCUT2D eigenvalue weighted by atomic mass is 10.1. The summed E-state index contributed by atoms with van der Waals surface area (Å²) in [5.41, 5.74) is 3.51. The molecule has 0 atom stereocenters. The molecule has 0 aliphatic carbocycles. The van der Waals surface area contributed by atoms with E-state index in [1.165, 1.54) is 33.1 Å². The minimum atomic E-state index is -0.0501. The summed E-state index contributed by atoms with van der Waals surface area (Å²) in [5, 5.41) is 0.714. The number of benzene rings is 2. The van der Waals surface area contributed by atoms with Gasteiger partial charge in [0.1, 0.15) is 0 Å². The number of nitrogens with zero attached hydrogens (tertiary/aromatic N) is 1. The number of methoxy groups -OCH3 is 3. The summed E-state index contributed by atoms with van der Waals surface area (Å²) in [6.07, 6.45) is 0. The second-order valence-electron chi connectivity index (χ2n) is 5.69. The van der Waals surface area contributed by atoms with Gasteiger partial charge in [-0.15, -0.1) is 0 Å². The molecule has 0 saturated heterocycles. The molecule has 0 amide bonds. The van der Waals surface area contributed by atoms with Crippen molar-refractivity contribution in [1.82, 2.24) is 9.97 Å². The highest BCUT2D eigenvalue weighted by Gasteiger charge is 2.17. The van der Waals surface area contributed by atoms with Crippen LogP contribution in [0.2, 0.25) is 0 Å². The van der Waals surface area contributed by atoms with E-state index in [2.05, 4.69) is 9.97 Å². The average molecular weight is 372 g/mol. The van der Waals surface area contributed by atoms with Crippen molar-refractivity contribution < 1.29 is 19.0 Å². The van der Waals surface area contributed by atoms with Crippen molar-refractivity contribution in [3.05, 3.63) is 41.5 Å². The van der Waals surface area contributed by atoms with Gasteiger partial charge in [0.05, 0.1) is 38.1 Å². The first-order valence-corrected chi connectivity index (χ1v) is 8.96. The number of carbonyl (C=O) groups is 1. The number of aromatic nitrogens is 2. The van der Waals surface area contributed by atoms with E-state index in [1.54, 1.807) is 12.1 Å². The molecule has 0 aliphatic rings. The van der Waals surface area contributed by atoms with Crippen LogP contribution in [0, 0.1) is 6.92 Å². The number of aryl methyl sites for hydroxylation is 1. The lowest BCUT2D eigenvalue weighted by Gasteiger charge is -2.13. The lowest BCUT2D eigenvalue weighted by Crippen LogP contribution is -2.05. The molecule has 0 fully saturated rings. The predicted octanol–water partition coefficient (Wildman–Crippen LogP) is 3.87. The SMILES string of the molecule is COc1cc(C(=O)CSc2nc3ccc(C)cc3[nH]2)cc(OC)c1OC. The van der Waals surface area contributed by atoms with Crippen LogP contribution in [0.5, 0.6) is 17.2 Å². The Hall–Kier alpha value is -2.67. The predicted molar refractivity (Wildman–Crippen MR) is 102 cm³/mol. The minimum Gasteiger partial charge on any atom is -0.493 e. The molecule has 136 valence electrons. The van der Waals surface area contributed by atoms with Crippen LogP contribution >= 0.6 is 11.8 Å². The van der Waals surface area contributed by atoms with Crippen molar-refractivity contribution in [2.24, 2.45) is 0 Å². The molecule has 1 N–H and O–H groups in total. The maximum atomic E-state index is 12.6. The first kappa shape index (κ1) is 18.1. The van der Waals surface area contributed by atoms with Crippen molar-refractivity contribution in [2.45, 2.75) is 12.1 Å². The minimum absolute atomic E-state index is 0.0501. The number of ketones is 1. The third-order valence-electron chi connectivity index (χ3n) is 3.94. The van der Waals surface area contributed by atoms with Gasteiger partial charge in [-0.1, -0.05) is 17.8 Å². The van der Waals surface area contributed by atoms with E-state index in [0.717, 1.165) is 16.6 Å².